The molecule has 2 aromatic rings. The van der Waals surface area contributed by atoms with Crippen molar-refractivity contribution in [1.29, 1.82) is 0 Å². The first-order chi connectivity index (χ1) is 11.3. The van der Waals surface area contributed by atoms with E-state index in [0.717, 1.165) is 37.9 Å². The molecule has 2 aliphatic heterocycles. The largest absolute Gasteiger partial charge is 0.328 e. The smallest absolute Gasteiger partial charge is 0.254 e. The minimum absolute atomic E-state index is 0.171. The highest BCUT2D eigenvalue weighted by atomic mass is 16.2. The van der Waals surface area contributed by atoms with Crippen LogP contribution >= 0.6 is 0 Å². The van der Waals surface area contributed by atoms with Crippen molar-refractivity contribution in [3.05, 3.63) is 71.3 Å². The van der Waals surface area contributed by atoms with E-state index < -0.39 is 0 Å². The summed E-state index contributed by atoms with van der Waals surface area (Å²) in [7, 11) is 0. The van der Waals surface area contributed by atoms with Crippen molar-refractivity contribution in [3.63, 3.8) is 0 Å². The number of carbonyl (C=O) groups excluding carboxylic acids is 1. The number of amides is 1. The van der Waals surface area contributed by atoms with Crippen LogP contribution in [0.4, 0.5) is 0 Å². The maximum Gasteiger partial charge on any atom is 0.254 e. The highest BCUT2D eigenvalue weighted by molar-refractivity contribution is 5.99. The van der Waals surface area contributed by atoms with Crippen LogP contribution in [0.5, 0.6) is 0 Å². The van der Waals surface area contributed by atoms with Crippen LogP contribution in [0.1, 0.15) is 40.4 Å². The van der Waals surface area contributed by atoms with E-state index in [9.17, 15) is 4.79 Å². The summed E-state index contributed by atoms with van der Waals surface area (Å²) in [5.41, 5.74) is 3.38. The Bertz CT molecular complexity index is 692. The number of nitrogens with zero attached hydrogens (tertiary/aromatic N) is 1. The number of carbonyl (C=O) groups is 1. The average molecular weight is 306 g/mol. The number of benzene rings is 2. The summed E-state index contributed by atoms with van der Waals surface area (Å²) in [6, 6.07) is 19.2. The molecule has 1 unspecified atom stereocenters. The second-order valence-corrected chi connectivity index (χ2v) is 6.49. The lowest BCUT2D eigenvalue weighted by Gasteiger charge is -2.36. The monoisotopic (exact) mass is 306 g/mol. The predicted octanol–water partition coefficient (Wildman–Crippen LogP) is 3.18. The van der Waals surface area contributed by atoms with Gasteiger partial charge in [0.1, 0.15) is 0 Å². The van der Waals surface area contributed by atoms with Gasteiger partial charge in [-0.2, -0.15) is 0 Å². The van der Waals surface area contributed by atoms with Gasteiger partial charge in [-0.25, -0.2) is 0 Å². The Balaban J connectivity index is 1.70. The van der Waals surface area contributed by atoms with Crippen LogP contribution in [0.25, 0.3) is 0 Å². The highest BCUT2D eigenvalue weighted by Crippen LogP contribution is 2.38. The molecule has 0 aromatic heterocycles. The summed E-state index contributed by atoms with van der Waals surface area (Å²) < 4.78 is 0. The van der Waals surface area contributed by atoms with Crippen molar-refractivity contribution in [2.45, 2.75) is 31.3 Å². The second-order valence-electron chi connectivity index (χ2n) is 6.49. The second kappa shape index (κ2) is 6.17. The normalized spacial score (nSPS) is 21.5. The Morgan fingerprint density at radius 2 is 1.65 bits per heavy atom. The van der Waals surface area contributed by atoms with E-state index >= 15 is 0 Å². The van der Waals surface area contributed by atoms with Gasteiger partial charge in [0.15, 0.2) is 0 Å². The van der Waals surface area contributed by atoms with Crippen LogP contribution in [0.3, 0.4) is 0 Å². The Kier molecular flexibility index (Phi) is 3.88. The fraction of sp³-hybridized carbons (Fsp3) is 0.350. The quantitative estimate of drug-likeness (QED) is 0.944. The number of hydrogen-bond acceptors (Lipinski definition) is 2. The Morgan fingerprint density at radius 1 is 0.957 bits per heavy atom. The van der Waals surface area contributed by atoms with Gasteiger partial charge < -0.3 is 10.2 Å². The van der Waals surface area contributed by atoms with E-state index in [0.29, 0.717) is 6.04 Å². The number of nitrogens with one attached hydrogen (secondary N) is 1. The predicted molar refractivity (Wildman–Crippen MR) is 91.4 cm³/mol. The summed E-state index contributed by atoms with van der Waals surface area (Å²) in [5.74, 6) is 0.216. The third kappa shape index (κ3) is 2.66. The number of hydrogen-bond donors (Lipinski definition) is 1. The van der Waals surface area contributed by atoms with Gasteiger partial charge in [0.05, 0.1) is 6.04 Å². The van der Waals surface area contributed by atoms with E-state index in [4.69, 9.17) is 0 Å². The SMILES string of the molecule is O=C1c2ccccc2C(Cc2ccccc2)N1C1CCNCC1. The fourth-order valence-electron chi connectivity index (χ4n) is 3.96. The van der Waals surface area contributed by atoms with Crippen molar-refractivity contribution >= 4 is 5.91 Å². The lowest BCUT2D eigenvalue weighted by Crippen LogP contribution is -2.45. The Hall–Kier alpha value is -2.13. The zero-order valence-electron chi connectivity index (χ0n) is 13.2. The van der Waals surface area contributed by atoms with Gasteiger partial charge in [0.25, 0.3) is 5.91 Å². The van der Waals surface area contributed by atoms with Crippen LogP contribution in [0.2, 0.25) is 0 Å². The molecule has 1 amide bonds. The molecule has 2 aromatic carbocycles. The first-order valence-electron chi connectivity index (χ1n) is 8.51. The molecule has 118 valence electrons. The Labute approximate surface area is 137 Å². The van der Waals surface area contributed by atoms with Gasteiger partial charge in [0.2, 0.25) is 0 Å². The molecule has 0 bridgehead atoms. The number of piperidine rings is 1. The molecular weight excluding hydrogens is 284 g/mol. The standard InChI is InChI=1S/C20H22N2O/c23-20-18-9-5-4-8-17(18)19(14-15-6-2-1-3-7-15)22(20)16-10-12-21-13-11-16/h1-9,16,19,21H,10-14H2. The van der Waals surface area contributed by atoms with Gasteiger partial charge in [0, 0.05) is 11.6 Å². The van der Waals surface area contributed by atoms with Gasteiger partial charge in [-0.15, -0.1) is 0 Å². The first-order valence-corrected chi connectivity index (χ1v) is 8.51. The van der Waals surface area contributed by atoms with Crippen LogP contribution in [0, 0.1) is 0 Å². The van der Waals surface area contributed by atoms with Gasteiger partial charge >= 0.3 is 0 Å². The van der Waals surface area contributed by atoms with Gasteiger partial charge in [-0.05, 0) is 49.5 Å². The van der Waals surface area contributed by atoms with Crippen molar-refractivity contribution in [3.8, 4) is 0 Å². The third-order valence-corrected chi connectivity index (χ3v) is 5.09. The maximum atomic E-state index is 13.0. The summed E-state index contributed by atoms with van der Waals surface area (Å²) in [5, 5.41) is 3.40. The molecule has 0 aliphatic carbocycles. The zero-order valence-corrected chi connectivity index (χ0v) is 13.2. The lowest BCUT2D eigenvalue weighted by atomic mass is 9.96. The summed E-state index contributed by atoms with van der Waals surface area (Å²) >= 11 is 0. The minimum atomic E-state index is 0.171. The lowest BCUT2D eigenvalue weighted by molar-refractivity contribution is 0.0581. The third-order valence-electron chi connectivity index (χ3n) is 5.09. The molecule has 2 aliphatic rings. The molecule has 0 spiro atoms. The van der Waals surface area contributed by atoms with Crippen LogP contribution < -0.4 is 5.32 Å². The molecule has 3 heteroatoms. The molecule has 1 N–H and O–H groups in total. The molecule has 23 heavy (non-hydrogen) atoms. The Morgan fingerprint density at radius 3 is 2.43 bits per heavy atom. The molecule has 2 heterocycles. The minimum Gasteiger partial charge on any atom is -0.328 e. The van der Waals surface area contributed by atoms with Crippen molar-refractivity contribution in [1.82, 2.24) is 10.2 Å². The first kappa shape index (κ1) is 14.5. The number of fused-ring (bicyclic) bond motifs is 1. The van der Waals surface area contributed by atoms with E-state index in [1.54, 1.807) is 0 Å². The molecule has 1 fully saturated rings. The maximum absolute atomic E-state index is 13.0. The molecule has 4 rings (SSSR count). The summed E-state index contributed by atoms with van der Waals surface area (Å²) in [6.07, 6.45) is 2.99. The van der Waals surface area contributed by atoms with Crippen LogP contribution in [0.15, 0.2) is 54.6 Å². The summed E-state index contributed by atoms with van der Waals surface area (Å²) in [4.78, 5) is 15.2. The number of rotatable bonds is 3. The highest BCUT2D eigenvalue weighted by Gasteiger charge is 2.40. The van der Waals surface area contributed by atoms with E-state index in [1.165, 1.54) is 11.1 Å². The van der Waals surface area contributed by atoms with E-state index in [2.05, 4.69) is 46.6 Å². The fourth-order valence-corrected chi connectivity index (χ4v) is 3.96. The molecule has 0 radical (unpaired) electrons. The van der Waals surface area contributed by atoms with Gasteiger partial charge in [-0.1, -0.05) is 48.5 Å². The zero-order chi connectivity index (χ0) is 15.6. The topological polar surface area (TPSA) is 32.3 Å². The van der Waals surface area contributed by atoms with Gasteiger partial charge in [-0.3, -0.25) is 4.79 Å². The molecule has 1 atom stereocenters. The van der Waals surface area contributed by atoms with Crippen LogP contribution in [-0.2, 0) is 6.42 Å². The van der Waals surface area contributed by atoms with Crippen molar-refractivity contribution in [2.75, 3.05) is 13.1 Å². The van der Waals surface area contributed by atoms with Crippen molar-refractivity contribution < 1.29 is 4.79 Å². The summed E-state index contributed by atoms with van der Waals surface area (Å²) in [6.45, 7) is 2.01. The van der Waals surface area contributed by atoms with Crippen LogP contribution in [-0.4, -0.2) is 29.9 Å². The molecule has 0 saturated carbocycles. The van der Waals surface area contributed by atoms with E-state index in [-0.39, 0.29) is 11.9 Å². The van der Waals surface area contributed by atoms with E-state index in [1.807, 2.05) is 18.2 Å². The molecule has 1 saturated heterocycles. The average Bonchev–Trinajstić information content (AvgIpc) is 2.89. The molecular formula is C20H22N2O. The molecule has 3 nitrogen and oxygen atoms in total. The van der Waals surface area contributed by atoms with Crippen molar-refractivity contribution in [2.24, 2.45) is 0 Å².